The van der Waals surface area contributed by atoms with E-state index in [2.05, 4.69) is 41.4 Å². The number of rotatable bonds is 4. The Bertz CT molecular complexity index is 764. The van der Waals surface area contributed by atoms with E-state index in [4.69, 9.17) is 11.6 Å². The van der Waals surface area contributed by atoms with Crippen molar-refractivity contribution in [2.45, 2.75) is 39.7 Å². The molecule has 3 nitrogen and oxygen atoms in total. The number of hydrogen-bond donors (Lipinski definition) is 1. The fraction of sp³-hybridized carbons (Fsp3) is 0.381. The number of anilines is 1. The summed E-state index contributed by atoms with van der Waals surface area (Å²) in [5.74, 6) is -0.00611. The topological polar surface area (TPSA) is 32.3 Å². The molecule has 1 heterocycles. The molecule has 0 radical (unpaired) electrons. The molecular formula is C21H25ClN2O. The van der Waals surface area contributed by atoms with E-state index < -0.39 is 0 Å². The molecule has 2 aromatic rings. The molecule has 4 heteroatoms. The molecule has 2 aromatic carbocycles. The van der Waals surface area contributed by atoms with E-state index in [0.29, 0.717) is 17.6 Å². The van der Waals surface area contributed by atoms with Crippen molar-refractivity contribution in [2.75, 3.05) is 18.4 Å². The quantitative estimate of drug-likeness (QED) is 0.832. The number of carbonyl (C=O) groups is 1. The lowest BCUT2D eigenvalue weighted by atomic mass is 10.0. The Hall–Kier alpha value is -1.84. The summed E-state index contributed by atoms with van der Waals surface area (Å²) in [7, 11) is 0. The highest BCUT2D eigenvalue weighted by molar-refractivity contribution is 6.34. The lowest BCUT2D eigenvalue weighted by Crippen LogP contribution is -2.33. The van der Waals surface area contributed by atoms with Crippen molar-refractivity contribution in [1.82, 2.24) is 4.90 Å². The molecule has 0 bridgehead atoms. The predicted molar refractivity (Wildman–Crippen MR) is 104 cm³/mol. The van der Waals surface area contributed by atoms with Gasteiger partial charge in [0, 0.05) is 6.04 Å². The zero-order valence-electron chi connectivity index (χ0n) is 15.1. The highest BCUT2D eigenvalue weighted by Gasteiger charge is 2.27. The van der Waals surface area contributed by atoms with Crippen LogP contribution in [0.5, 0.6) is 0 Å². The van der Waals surface area contributed by atoms with Gasteiger partial charge < -0.3 is 5.32 Å². The number of halogens is 1. The summed E-state index contributed by atoms with van der Waals surface area (Å²) >= 11 is 6.31. The van der Waals surface area contributed by atoms with E-state index >= 15 is 0 Å². The molecule has 1 aliphatic rings. The lowest BCUT2D eigenvalue weighted by molar-refractivity contribution is -0.117. The Morgan fingerprint density at radius 1 is 1.20 bits per heavy atom. The zero-order valence-corrected chi connectivity index (χ0v) is 15.9. The van der Waals surface area contributed by atoms with Crippen LogP contribution in [0, 0.1) is 20.8 Å². The summed E-state index contributed by atoms with van der Waals surface area (Å²) in [6, 6.07) is 12.8. The summed E-state index contributed by atoms with van der Waals surface area (Å²) in [4.78, 5) is 14.9. The Labute approximate surface area is 155 Å². The molecule has 0 spiro atoms. The molecule has 1 amide bonds. The first kappa shape index (κ1) is 18.0. The molecule has 1 unspecified atom stereocenters. The fourth-order valence-corrected chi connectivity index (χ4v) is 4.08. The van der Waals surface area contributed by atoms with E-state index in [0.717, 1.165) is 36.2 Å². The summed E-state index contributed by atoms with van der Waals surface area (Å²) in [6.45, 7) is 7.42. The first-order valence-electron chi connectivity index (χ1n) is 8.81. The Morgan fingerprint density at radius 2 is 2.00 bits per heavy atom. The smallest absolute Gasteiger partial charge is 0.238 e. The van der Waals surface area contributed by atoms with Crippen molar-refractivity contribution >= 4 is 23.2 Å². The number of nitrogens with zero attached hydrogens (tertiary/aromatic N) is 1. The molecule has 132 valence electrons. The van der Waals surface area contributed by atoms with Gasteiger partial charge in [0.15, 0.2) is 0 Å². The largest absolute Gasteiger partial charge is 0.323 e. The maximum atomic E-state index is 12.6. The minimum atomic E-state index is -0.00611. The van der Waals surface area contributed by atoms with Crippen LogP contribution in [0.15, 0.2) is 36.4 Å². The molecular weight excluding hydrogens is 332 g/mol. The standard InChI is InChI=1S/C21H25ClN2O/c1-14-6-4-7-17(11-14)19-8-5-9-24(19)13-20(25)23-21-16(3)10-15(2)12-18(21)22/h4,6-7,10-12,19H,5,8-9,13H2,1-3H3,(H,23,25). The van der Waals surface area contributed by atoms with E-state index in [-0.39, 0.29) is 5.91 Å². The summed E-state index contributed by atoms with van der Waals surface area (Å²) in [6.07, 6.45) is 2.22. The van der Waals surface area contributed by atoms with Crippen LogP contribution in [0.4, 0.5) is 5.69 Å². The van der Waals surface area contributed by atoms with Gasteiger partial charge in [-0.1, -0.05) is 47.5 Å². The molecule has 25 heavy (non-hydrogen) atoms. The van der Waals surface area contributed by atoms with Crippen LogP contribution in [0.25, 0.3) is 0 Å². The van der Waals surface area contributed by atoms with E-state index in [1.165, 1.54) is 11.1 Å². The average molecular weight is 357 g/mol. The third-order valence-corrected chi connectivity index (χ3v) is 5.13. The summed E-state index contributed by atoms with van der Waals surface area (Å²) < 4.78 is 0. The van der Waals surface area contributed by atoms with Gasteiger partial charge >= 0.3 is 0 Å². The van der Waals surface area contributed by atoms with Crippen LogP contribution in [-0.2, 0) is 4.79 Å². The monoisotopic (exact) mass is 356 g/mol. The highest BCUT2D eigenvalue weighted by atomic mass is 35.5. The number of likely N-dealkylation sites (tertiary alicyclic amines) is 1. The normalized spacial score (nSPS) is 17.7. The van der Waals surface area contributed by atoms with Gasteiger partial charge in [-0.3, -0.25) is 9.69 Å². The van der Waals surface area contributed by atoms with Crippen molar-refractivity contribution in [1.29, 1.82) is 0 Å². The van der Waals surface area contributed by atoms with Crippen molar-refractivity contribution in [3.05, 3.63) is 63.7 Å². The van der Waals surface area contributed by atoms with Crippen molar-refractivity contribution in [3.63, 3.8) is 0 Å². The second kappa shape index (κ2) is 7.59. The fourth-order valence-electron chi connectivity index (χ4n) is 3.71. The van der Waals surface area contributed by atoms with Crippen molar-refractivity contribution in [2.24, 2.45) is 0 Å². The van der Waals surface area contributed by atoms with Gasteiger partial charge in [-0.2, -0.15) is 0 Å². The first-order valence-corrected chi connectivity index (χ1v) is 9.19. The van der Waals surface area contributed by atoms with Gasteiger partial charge in [0.05, 0.1) is 17.3 Å². The van der Waals surface area contributed by atoms with Crippen LogP contribution in [0.2, 0.25) is 5.02 Å². The van der Waals surface area contributed by atoms with Crippen LogP contribution >= 0.6 is 11.6 Å². The predicted octanol–water partition coefficient (Wildman–Crippen LogP) is 5.04. The van der Waals surface area contributed by atoms with E-state index in [1.54, 1.807) is 0 Å². The zero-order chi connectivity index (χ0) is 18.0. The van der Waals surface area contributed by atoms with Gasteiger partial charge in [-0.25, -0.2) is 0 Å². The third kappa shape index (κ3) is 4.23. The van der Waals surface area contributed by atoms with Crippen molar-refractivity contribution < 1.29 is 4.79 Å². The van der Waals surface area contributed by atoms with Gasteiger partial charge in [0.2, 0.25) is 5.91 Å². The second-order valence-electron chi connectivity index (χ2n) is 7.03. The molecule has 0 saturated carbocycles. The third-order valence-electron chi connectivity index (χ3n) is 4.83. The summed E-state index contributed by atoms with van der Waals surface area (Å²) in [5, 5.41) is 3.60. The number of amides is 1. The number of benzene rings is 2. The number of aryl methyl sites for hydroxylation is 3. The van der Waals surface area contributed by atoms with E-state index in [9.17, 15) is 4.79 Å². The highest BCUT2D eigenvalue weighted by Crippen LogP contribution is 2.32. The Kier molecular flexibility index (Phi) is 5.45. The van der Waals surface area contributed by atoms with Crippen molar-refractivity contribution in [3.8, 4) is 0 Å². The minimum absolute atomic E-state index is 0.00611. The molecule has 1 fully saturated rings. The second-order valence-corrected chi connectivity index (χ2v) is 7.44. The van der Waals surface area contributed by atoms with E-state index in [1.807, 2.05) is 26.0 Å². The van der Waals surface area contributed by atoms with Gasteiger partial charge in [0.1, 0.15) is 0 Å². The maximum Gasteiger partial charge on any atom is 0.238 e. The maximum absolute atomic E-state index is 12.6. The van der Waals surface area contributed by atoms with Gasteiger partial charge in [0.25, 0.3) is 0 Å². The number of hydrogen-bond acceptors (Lipinski definition) is 2. The molecule has 3 rings (SSSR count). The molecule has 1 aliphatic heterocycles. The molecule has 1 saturated heterocycles. The molecule has 1 N–H and O–H groups in total. The Morgan fingerprint density at radius 3 is 2.72 bits per heavy atom. The molecule has 0 aromatic heterocycles. The van der Waals surface area contributed by atoms with Gasteiger partial charge in [-0.05, 0) is 62.9 Å². The Balaban J connectivity index is 1.70. The summed E-state index contributed by atoms with van der Waals surface area (Å²) in [5.41, 5.74) is 5.38. The number of carbonyl (C=O) groups excluding carboxylic acids is 1. The number of nitrogens with one attached hydrogen (secondary N) is 1. The van der Waals surface area contributed by atoms with Crippen LogP contribution < -0.4 is 5.32 Å². The van der Waals surface area contributed by atoms with Crippen LogP contribution in [0.3, 0.4) is 0 Å². The van der Waals surface area contributed by atoms with Crippen LogP contribution in [-0.4, -0.2) is 23.9 Å². The minimum Gasteiger partial charge on any atom is -0.323 e. The van der Waals surface area contributed by atoms with Crippen LogP contribution in [0.1, 0.15) is 41.1 Å². The molecule has 0 aliphatic carbocycles. The van der Waals surface area contributed by atoms with Gasteiger partial charge in [-0.15, -0.1) is 0 Å². The average Bonchev–Trinajstić information content (AvgIpc) is 2.99. The first-order chi connectivity index (χ1) is 11.9. The molecule has 1 atom stereocenters. The lowest BCUT2D eigenvalue weighted by Gasteiger charge is -2.25. The SMILES string of the molecule is Cc1cccc(C2CCCN2CC(=O)Nc2c(C)cc(C)cc2Cl)c1.